The third kappa shape index (κ3) is 4.38. The lowest BCUT2D eigenvalue weighted by atomic mass is 10.00. The topological polar surface area (TPSA) is 73.0 Å². The number of anilines is 2. The number of rotatable bonds is 2. The van der Waals surface area contributed by atoms with Crippen molar-refractivity contribution in [3.8, 4) is 0 Å². The molecule has 0 bridgehead atoms. The second-order valence-electron chi connectivity index (χ2n) is 7.75. The van der Waals surface area contributed by atoms with Crippen LogP contribution in [0.3, 0.4) is 0 Å². The van der Waals surface area contributed by atoms with Crippen molar-refractivity contribution in [3.63, 3.8) is 0 Å². The number of piperidine rings is 1. The van der Waals surface area contributed by atoms with Crippen molar-refractivity contribution in [2.45, 2.75) is 25.3 Å². The van der Waals surface area contributed by atoms with Gasteiger partial charge in [0.1, 0.15) is 0 Å². The summed E-state index contributed by atoms with van der Waals surface area (Å²) in [6.07, 6.45) is 3.70. The van der Waals surface area contributed by atoms with E-state index in [1.807, 2.05) is 29.2 Å². The van der Waals surface area contributed by atoms with Crippen LogP contribution in [-0.4, -0.2) is 81.1 Å². The second-order valence-corrected chi connectivity index (χ2v) is 10.1. The van der Waals surface area contributed by atoms with Gasteiger partial charge in [-0.15, -0.1) is 0 Å². The highest BCUT2D eigenvalue weighted by molar-refractivity contribution is 7.91. The molecule has 0 radical (unpaired) electrons. The average molecular weight is 393 g/mol. The Kier molecular flexibility index (Phi) is 5.27. The Morgan fingerprint density at radius 3 is 2.67 bits per heavy atom. The monoisotopic (exact) mass is 392 g/mol. The number of benzene rings is 1. The zero-order chi connectivity index (χ0) is 18.9. The van der Waals surface area contributed by atoms with Crippen LogP contribution < -0.4 is 10.2 Å². The fourth-order valence-electron chi connectivity index (χ4n) is 4.29. The van der Waals surface area contributed by atoms with E-state index in [0.29, 0.717) is 19.1 Å². The van der Waals surface area contributed by atoms with Crippen molar-refractivity contribution in [2.75, 3.05) is 61.0 Å². The Hall–Kier alpha value is -1.80. The fourth-order valence-corrected chi connectivity index (χ4v) is 5.50. The summed E-state index contributed by atoms with van der Waals surface area (Å²) in [7, 11) is -2.90. The van der Waals surface area contributed by atoms with Gasteiger partial charge in [-0.3, -0.25) is 4.90 Å². The zero-order valence-corrected chi connectivity index (χ0v) is 16.5. The van der Waals surface area contributed by atoms with Gasteiger partial charge in [0, 0.05) is 50.1 Å². The normalized spacial score (nSPS) is 25.7. The minimum atomic E-state index is -2.90. The molecular formula is C19H28N4O3S. The number of hydrogen-bond acceptors (Lipinski definition) is 5. The summed E-state index contributed by atoms with van der Waals surface area (Å²) in [5, 5.41) is 3.03. The van der Waals surface area contributed by atoms with Crippen LogP contribution in [0, 0.1) is 0 Å². The van der Waals surface area contributed by atoms with Gasteiger partial charge in [-0.05, 0) is 37.6 Å². The van der Waals surface area contributed by atoms with Crippen LogP contribution in [0.1, 0.15) is 19.3 Å². The summed E-state index contributed by atoms with van der Waals surface area (Å²) in [5.41, 5.74) is 1.72. The fraction of sp³-hybridized carbons (Fsp3) is 0.632. The molecular weight excluding hydrogens is 364 g/mol. The van der Waals surface area contributed by atoms with Gasteiger partial charge >= 0.3 is 6.03 Å². The number of nitrogens with zero attached hydrogens (tertiary/aromatic N) is 3. The van der Waals surface area contributed by atoms with Crippen LogP contribution in [0.25, 0.3) is 0 Å². The molecule has 0 spiro atoms. The molecule has 1 N–H and O–H groups in total. The minimum absolute atomic E-state index is 0.0430. The minimum Gasteiger partial charge on any atom is -0.369 e. The van der Waals surface area contributed by atoms with E-state index in [2.05, 4.69) is 15.1 Å². The number of carbonyl (C=O) groups is 1. The van der Waals surface area contributed by atoms with Crippen molar-refractivity contribution in [1.29, 1.82) is 0 Å². The van der Waals surface area contributed by atoms with E-state index in [0.717, 1.165) is 37.6 Å². The van der Waals surface area contributed by atoms with Crippen LogP contribution in [-0.2, 0) is 9.84 Å². The Labute approximate surface area is 161 Å². The summed E-state index contributed by atoms with van der Waals surface area (Å²) >= 11 is 0. The number of nitrogens with one attached hydrogen (secondary N) is 1. The van der Waals surface area contributed by atoms with E-state index < -0.39 is 9.84 Å². The van der Waals surface area contributed by atoms with Crippen molar-refractivity contribution in [1.82, 2.24) is 9.80 Å². The maximum atomic E-state index is 12.7. The molecule has 148 valence electrons. The summed E-state index contributed by atoms with van der Waals surface area (Å²) in [5.74, 6) is 0.379. The highest BCUT2D eigenvalue weighted by atomic mass is 32.2. The molecule has 3 saturated heterocycles. The molecule has 1 aromatic rings. The Bertz CT molecular complexity index is 784. The number of sulfone groups is 1. The Morgan fingerprint density at radius 1 is 1.04 bits per heavy atom. The molecule has 3 aliphatic heterocycles. The summed E-state index contributed by atoms with van der Waals surface area (Å²) in [6.45, 7) is 4.70. The van der Waals surface area contributed by atoms with Gasteiger partial charge < -0.3 is 15.1 Å². The summed E-state index contributed by atoms with van der Waals surface area (Å²) < 4.78 is 23.2. The highest BCUT2D eigenvalue weighted by Gasteiger charge is 2.31. The standard InChI is InChI=1S/C19H28N4O3S/c24-19(23-9-8-21-7-2-1-5-18(21)15-23)20-16-4-3-6-17(14-16)22-10-12-27(25,26)13-11-22/h3-4,6,14,18H,1-2,5,7-13,15H2,(H,20,24). The first kappa shape index (κ1) is 18.6. The number of urea groups is 1. The van der Waals surface area contributed by atoms with Gasteiger partial charge in [-0.1, -0.05) is 12.5 Å². The first-order valence-electron chi connectivity index (χ1n) is 9.86. The molecule has 7 nitrogen and oxygen atoms in total. The van der Waals surface area contributed by atoms with Crippen molar-refractivity contribution in [3.05, 3.63) is 24.3 Å². The van der Waals surface area contributed by atoms with E-state index in [-0.39, 0.29) is 17.5 Å². The van der Waals surface area contributed by atoms with Crippen LogP contribution >= 0.6 is 0 Å². The molecule has 8 heteroatoms. The van der Waals surface area contributed by atoms with Crippen LogP contribution in [0.2, 0.25) is 0 Å². The molecule has 3 fully saturated rings. The van der Waals surface area contributed by atoms with E-state index in [9.17, 15) is 13.2 Å². The molecule has 0 aromatic heterocycles. The molecule has 27 heavy (non-hydrogen) atoms. The molecule has 3 aliphatic rings. The maximum Gasteiger partial charge on any atom is 0.321 e. The predicted molar refractivity (Wildman–Crippen MR) is 107 cm³/mol. The third-order valence-electron chi connectivity index (χ3n) is 5.93. The zero-order valence-electron chi connectivity index (χ0n) is 15.6. The molecule has 0 aliphatic carbocycles. The highest BCUT2D eigenvalue weighted by Crippen LogP contribution is 2.24. The molecule has 1 unspecified atom stereocenters. The van der Waals surface area contributed by atoms with Gasteiger partial charge in [0.25, 0.3) is 0 Å². The SMILES string of the molecule is O=C(Nc1cccc(N2CCS(=O)(=O)CC2)c1)N1CCN2CCCCC2C1. The summed E-state index contributed by atoms with van der Waals surface area (Å²) in [6, 6.07) is 8.16. The maximum absolute atomic E-state index is 12.7. The molecule has 0 saturated carbocycles. The smallest absolute Gasteiger partial charge is 0.321 e. The largest absolute Gasteiger partial charge is 0.369 e. The van der Waals surface area contributed by atoms with Gasteiger partial charge in [-0.2, -0.15) is 0 Å². The number of fused-ring (bicyclic) bond motifs is 1. The van der Waals surface area contributed by atoms with E-state index in [4.69, 9.17) is 0 Å². The Balaban J connectivity index is 1.37. The van der Waals surface area contributed by atoms with E-state index >= 15 is 0 Å². The molecule has 1 atom stereocenters. The lowest BCUT2D eigenvalue weighted by Gasteiger charge is -2.43. The second kappa shape index (κ2) is 7.67. The number of amides is 2. The predicted octanol–water partition coefficient (Wildman–Crippen LogP) is 1.62. The van der Waals surface area contributed by atoms with Gasteiger partial charge in [0.05, 0.1) is 11.5 Å². The lowest BCUT2D eigenvalue weighted by molar-refractivity contribution is 0.0678. The first-order chi connectivity index (χ1) is 13.0. The van der Waals surface area contributed by atoms with Crippen molar-refractivity contribution in [2.24, 2.45) is 0 Å². The molecule has 4 rings (SSSR count). The number of piperazine rings is 1. The number of carbonyl (C=O) groups excluding carboxylic acids is 1. The quantitative estimate of drug-likeness (QED) is 0.828. The lowest BCUT2D eigenvalue weighted by Crippen LogP contribution is -2.56. The average Bonchev–Trinajstić information content (AvgIpc) is 2.68. The Morgan fingerprint density at radius 2 is 1.85 bits per heavy atom. The molecule has 2 amide bonds. The van der Waals surface area contributed by atoms with Gasteiger partial charge in [0.15, 0.2) is 9.84 Å². The molecule has 1 aromatic carbocycles. The van der Waals surface area contributed by atoms with Crippen LogP contribution in [0.5, 0.6) is 0 Å². The van der Waals surface area contributed by atoms with Crippen LogP contribution in [0.4, 0.5) is 16.2 Å². The van der Waals surface area contributed by atoms with E-state index in [1.165, 1.54) is 19.3 Å². The molecule has 3 heterocycles. The van der Waals surface area contributed by atoms with Crippen molar-refractivity contribution >= 4 is 27.2 Å². The first-order valence-corrected chi connectivity index (χ1v) is 11.7. The number of hydrogen-bond donors (Lipinski definition) is 1. The van der Waals surface area contributed by atoms with E-state index in [1.54, 1.807) is 0 Å². The van der Waals surface area contributed by atoms with Crippen LogP contribution in [0.15, 0.2) is 24.3 Å². The van der Waals surface area contributed by atoms with Gasteiger partial charge in [-0.25, -0.2) is 13.2 Å². The van der Waals surface area contributed by atoms with Gasteiger partial charge in [0.2, 0.25) is 0 Å². The third-order valence-corrected chi connectivity index (χ3v) is 7.54. The van der Waals surface area contributed by atoms with Crippen molar-refractivity contribution < 1.29 is 13.2 Å². The summed E-state index contributed by atoms with van der Waals surface area (Å²) in [4.78, 5) is 19.2.